The fourth-order valence-electron chi connectivity index (χ4n) is 4.06. The molecular formula is C27H27NO4. The lowest BCUT2D eigenvalue weighted by atomic mass is 9.94. The molecule has 0 unspecified atom stereocenters. The second kappa shape index (κ2) is 8.50. The molecule has 0 heterocycles. The second-order valence-corrected chi connectivity index (χ2v) is 8.27. The molecule has 1 N–H and O–H groups in total. The molecule has 3 aromatic rings. The van der Waals surface area contributed by atoms with Crippen LogP contribution in [0.2, 0.25) is 0 Å². The van der Waals surface area contributed by atoms with Gasteiger partial charge in [-0.05, 0) is 79.8 Å². The quantitative estimate of drug-likeness (QED) is 0.500. The third-order valence-electron chi connectivity index (χ3n) is 6.22. The lowest BCUT2D eigenvalue weighted by Gasteiger charge is -2.18. The van der Waals surface area contributed by atoms with E-state index in [1.54, 1.807) is 26.4 Å². The number of ketones is 1. The number of carbonyl (C=O) groups excluding carboxylic acids is 2. The van der Waals surface area contributed by atoms with E-state index in [1.165, 1.54) is 6.92 Å². The molecule has 3 aromatic carbocycles. The minimum atomic E-state index is -0.488. The zero-order valence-electron chi connectivity index (χ0n) is 18.8. The molecule has 1 fully saturated rings. The summed E-state index contributed by atoms with van der Waals surface area (Å²) in [5.41, 5.74) is 4.72. The van der Waals surface area contributed by atoms with Gasteiger partial charge in [0.2, 0.25) is 5.91 Å². The predicted octanol–water partition coefficient (Wildman–Crippen LogP) is 5.55. The number of hydrogen-bond acceptors (Lipinski definition) is 4. The molecule has 0 atom stereocenters. The number of hydrogen-bond donors (Lipinski definition) is 1. The van der Waals surface area contributed by atoms with E-state index in [4.69, 9.17) is 9.47 Å². The first kappa shape index (κ1) is 21.6. The first-order valence-corrected chi connectivity index (χ1v) is 10.6. The highest BCUT2D eigenvalue weighted by Crippen LogP contribution is 2.49. The van der Waals surface area contributed by atoms with Crippen LogP contribution in [0.25, 0.3) is 11.1 Å². The summed E-state index contributed by atoms with van der Waals surface area (Å²) in [6, 6.07) is 19.0. The molecular weight excluding hydrogens is 402 g/mol. The predicted molar refractivity (Wildman–Crippen MR) is 126 cm³/mol. The van der Waals surface area contributed by atoms with Gasteiger partial charge in [0.1, 0.15) is 11.5 Å². The summed E-state index contributed by atoms with van der Waals surface area (Å²) < 4.78 is 10.8. The van der Waals surface area contributed by atoms with E-state index in [2.05, 4.69) is 5.32 Å². The zero-order chi connectivity index (χ0) is 22.9. The van der Waals surface area contributed by atoms with E-state index < -0.39 is 5.41 Å². The largest absolute Gasteiger partial charge is 0.497 e. The van der Waals surface area contributed by atoms with Crippen molar-refractivity contribution < 1.29 is 19.1 Å². The van der Waals surface area contributed by atoms with E-state index in [0.717, 1.165) is 46.5 Å². The fraction of sp³-hybridized carbons (Fsp3) is 0.259. The third kappa shape index (κ3) is 3.98. The van der Waals surface area contributed by atoms with Crippen molar-refractivity contribution in [3.8, 4) is 22.6 Å². The standard InChI is InChI=1S/C27H27NO4/c1-17-5-9-21(16-24(17)23-12-6-19(18(2)29)15-25(23)32-4)28-26(30)27(13-14-27)20-7-10-22(31-3)11-8-20/h5-12,15-16H,13-14H2,1-4H3,(H,28,30). The number of ether oxygens (including phenoxy) is 2. The number of amides is 1. The summed E-state index contributed by atoms with van der Waals surface area (Å²) in [4.78, 5) is 25.0. The van der Waals surface area contributed by atoms with Gasteiger partial charge >= 0.3 is 0 Å². The normalized spacial score (nSPS) is 13.9. The van der Waals surface area contributed by atoms with E-state index in [-0.39, 0.29) is 11.7 Å². The molecule has 0 saturated heterocycles. The van der Waals surface area contributed by atoms with Crippen molar-refractivity contribution >= 4 is 17.4 Å². The summed E-state index contributed by atoms with van der Waals surface area (Å²) >= 11 is 0. The molecule has 5 nitrogen and oxygen atoms in total. The number of anilines is 1. The molecule has 164 valence electrons. The van der Waals surface area contributed by atoms with Crippen molar-refractivity contribution in [1.82, 2.24) is 0 Å². The Morgan fingerprint density at radius 3 is 2.19 bits per heavy atom. The number of rotatable bonds is 7. The van der Waals surface area contributed by atoms with Crippen molar-refractivity contribution in [2.24, 2.45) is 0 Å². The summed E-state index contributed by atoms with van der Waals surface area (Å²) in [5.74, 6) is 1.39. The van der Waals surface area contributed by atoms with Crippen LogP contribution in [0.3, 0.4) is 0 Å². The van der Waals surface area contributed by atoms with Gasteiger partial charge in [-0.1, -0.05) is 24.3 Å². The van der Waals surface area contributed by atoms with Gasteiger partial charge in [0.05, 0.1) is 19.6 Å². The summed E-state index contributed by atoms with van der Waals surface area (Å²) in [5, 5.41) is 3.11. The number of carbonyl (C=O) groups is 2. The van der Waals surface area contributed by atoms with E-state index in [1.807, 2.05) is 55.5 Å². The van der Waals surface area contributed by atoms with Crippen LogP contribution in [-0.4, -0.2) is 25.9 Å². The maximum atomic E-state index is 13.2. The molecule has 1 saturated carbocycles. The Kier molecular flexibility index (Phi) is 5.74. The first-order chi connectivity index (χ1) is 15.4. The third-order valence-corrected chi connectivity index (χ3v) is 6.22. The molecule has 1 aliphatic carbocycles. The number of benzene rings is 3. The average molecular weight is 430 g/mol. The molecule has 4 rings (SSSR count). The summed E-state index contributed by atoms with van der Waals surface area (Å²) in [6.45, 7) is 3.55. The second-order valence-electron chi connectivity index (χ2n) is 8.27. The van der Waals surface area contributed by atoms with E-state index in [9.17, 15) is 9.59 Å². The van der Waals surface area contributed by atoms with Crippen LogP contribution in [0.1, 0.15) is 41.3 Å². The van der Waals surface area contributed by atoms with Crippen molar-refractivity contribution in [2.45, 2.75) is 32.1 Å². The van der Waals surface area contributed by atoms with Gasteiger partial charge in [-0.25, -0.2) is 0 Å². The van der Waals surface area contributed by atoms with Gasteiger partial charge in [0, 0.05) is 16.8 Å². The molecule has 0 spiro atoms. The minimum absolute atomic E-state index is 0.00337. The fourth-order valence-corrected chi connectivity index (χ4v) is 4.06. The Balaban J connectivity index is 1.62. The van der Waals surface area contributed by atoms with Crippen LogP contribution >= 0.6 is 0 Å². The summed E-state index contributed by atoms with van der Waals surface area (Å²) in [6.07, 6.45) is 1.65. The average Bonchev–Trinajstić information content (AvgIpc) is 3.62. The molecule has 5 heteroatoms. The number of aryl methyl sites for hydroxylation is 1. The molecule has 1 amide bonds. The lowest BCUT2D eigenvalue weighted by molar-refractivity contribution is -0.118. The Morgan fingerprint density at radius 1 is 0.875 bits per heavy atom. The molecule has 1 aliphatic rings. The first-order valence-electron chi connectivity index (χ1n) is 10.6. The van der Waals surface area contributed by atoms with Crippen LogP contribution in [0.4, 0.5) is 5.69 Å². The molecule has 0 aromatic heterocycles. The van der Waals surface area contributed by atoms with Crippen LogP contribution in [0.15, 0.2) is 60.7 Å². The van der Waals surface area contributed by atoms with Crippen molar-refractivity contribution in [3.63, 3.8) is 0 Å². The SMILES string of the molecule is COc1ccc(C2(C(=O)Nc3ccc(C)c(-c4ccc(C(C)=O)cc4OC)c3)CC2)cc1. The highest BCUT2D eigenvalue weighted by atomic mass is 16.5. The number of nitrogens with one attached hydrogen (secondary N) is 1. The maximum Gasteiger partial charge on any atom is 0.235 e. The van der Waals surface area contributed by atoms with Gasteiger partial charge in [-0.15, -0.1) is 0 Å². The maximum absolute atomic E-state index is 13.2. The Morgan fingerprint density at radius 2 is 1.59 bits per heavy atom. The highest BCUT2D eigenvalue weighted by Gasteiger charge is 2.51. The molecule has 0 bridgehead atoms. The van der Waals surface area contributed by atoms with Gasteiger partial charge in [0.25, 0.3) is 0 Å². The van der Waals surface area contributed by atoms with Gasteiger partial charge in [0.15, 0.2) is 5.78 Å². The van der Waals surface area contributed by atoms with Crippen LogP contribution in [0, 0.1) is 6.92 Å². The molecule has 32 heavy (non-hydrogen) atoms. The Hall–Kier alpha value is -3.60. The van der Waals surface area contributed by atoms with Gasteiger partial charge in [-0.2, -0.15) is 0 Å². The Labute approximate surface area is 188 Å². The number of Topliss-reactive ketones (excluding diaryl/α,β-unsaturated/α-hetero) is 1. The highest BCUT2D eigenvalue weighted by molar-refractivity contribution is 6.02. The van der Waals surface area contributed by atoms with Gasteiger partial charge < -0.3 is 14.8 Å². The van der Waals surface area contributed by atoms with Gasteiger partial charge in [-0.3, -0.25) is 9.59 Å². The smallest absolute Gasteiger partial charge is 0.235 e. The Bertz CT molecular complexity index is 1180. The zero-order valence-corrected chi connectivity index (χ0v) is 18.8. The van der Waals surface area contributed by atoms with E-state index >= 15 is 0 Å². The minimum Gasteiger partial charge on any atom is -0.497 e. The molecule has 0 aliphatic heterocycles. The molecule has 0 radical (unpaired) electrons. The van der Waals surface area contributed by atoms with E-state index in [0.29, 0.717) is 11.3 Å². The van der Waals surface area contributed by atoms with Crippen molar-refractivity contribution in [3.05, 3.63) is 77.4 Å². The van der Waals surface area contributed by atoms with Crippen LogP contribution in [-0.2, 0) is 10.2 Å². The lowest BCUT2D eigenvalue weighted by Crippen LogP contribution is -2.27. The van der Waals surface area contributed by atoms with Crippen molar-refractivity contribution in [1.29, 1.82) is 0 Å². The van der Waals surface area contributed by atoms with Crippen molar-refractivity contribution in [2.75, 3.05) is 19.5 Å². The van der Waals surface area contributed by atoms with Crippen LogP contribution in [0.5, 0.6) is 11.5 Å². The monoisotopic (exact) mass is 429 g/mol. The topological polar surface area (TPSA) is 64.6 Å². The van der Waals surface area contributed by atoms with Crippen LogP contribution < -0.4 is 14.8 Å². The number of methoxy groups -OCH3 is 2. The summed E-state index contributed by atoms with van der Waals surface area (Å²) in [7, 11) is 3.22.